The van der Waals surface area contributed by atoms with Crippen LogP contribution in [0.3, 0.4) is 0 Å². The minimum absolute atomic E-state index is 0.0196. The maximum Gasteiger partial charge on any atom is 0.509 e. The molecule has 1 fully saturated rings. The summed E-state index contributed by atoms with van der Waals surface area (Å²) in [4.78, 5) is 24.7. The van der Waals surface area contributed by atoms with Crippen molar-refractivity contribution in [1.29, 1.82) is 0 Å². The summed E-state index contributed by atoms with van der Waals surface area (Å²) < 4.78 is 35.8. The van der Waals surface area contributed by atoms with Crippen LogP contribution in [0.2, 0.25) is 18.1 Å². The number of hydrogen-bond acceptors (Lipinski definition) is 9. The lowest BCUT2D eigenvalue weighted by Crippen LogP contribution is -2.62. The van der Waals surface area contributed by atoms with Gasteiger partial charge in [-0.25, -0.2) is 4.79 Å². The largest absolute Gasteiger partial charge is 0.509 e. The molecule has 0 bridgehead atoms. The van der Waals surface area contributed by atoms with E-state index in [1.54, 1.807) is 26.8 Å². The summed E-state index contributed by atoms with van der Waals surface area (Å²) in [6.45, 7) is 25.5. The van der Waals surface area contributed by atoms with Gasteiger partial charge in [-0.2, -0.15) is 0 Å². The van der Waals surface area contributed by atoms with Gasteiger partial charge in [-0.3, -0.25) is 4.79 Å². The number of hydrogen-bond donors (Lipinski definition) is 0. The molecule has 0 aliphatic carbocycles. The topological polar surface area (TPSA) is 89.5 Å². The van der Waals surface area contributed by atoms with Crippen molar-refractivity contribution < 1.29 is 37.7 Å². The molecule has 5 atom stereocenters. The van der Waals surface area contributed by atoms with Gasteiger partial charge in [0.15, 0.2) is 20.5 Å². The highest BCUT2D eigenvalue weighted by Crippen LogP contribution is 2.39. The first kappa shape index (κ1) is 32.0. The molecule has 0 aromatic rings. The second-order valence-corrected chi connectivity index (χ2v) is 18.0. The fraction of sp³-hybridized carbons (Fsp3) is 0.840. The Bertz CT molecular complexity index is 713. The Morgan fingerprint density at radius 1 is 1.06 bits per heavy atom. The van der Waals surface area contributed by atoms with Crippen molar-refractivity contribution in [1.82, 2.24) is 0 Å². The summed E-state index contributed by atoms with van der Waals surface area (Å²) in [5.41, 5.74) is -1.29. The molecular weight excluding hydrogens is 488 g/mol. The van der Waals surface area contributed by atoms with Crippen molar-refractivity contribution in [2.75, 3.05) is 13.2 Å². The summed E-state index contributed by atoms with van der Waals surface area (Å²) in [5.74, 6) is -0.479. The van der Waals surface area contributed by atoms with Crippen LogP contribution in [0.5, 0.6) is 0 Å². The molecule has 0 radical (unpaired) electrons. The first-order valence-electron chi connectivity index (χ1n) is 12.1. The average Bonchev–Trinajstić information content (AvgIpc) is 2.65. The van der Waals surface area contributed by atoms with Gasteiger partial charge in [0.25, 0.3) is 0 Å². The molecule has 10 heteroatoms. The third kappa shape index (κ3) is 10.4. The minimum atomic E-state index is -2.14. The Morgan fingerprint density at radius 3 is 2.11 bits per heavy atom. The van der Waals surface area contributed by atoms with Crippen LogP contribution in [0.15, 0.2) is 12.7 Å². The maximum atomic E-state index is 12.7. The third-order valence-electron chi connectivity index (χ3n) is 5.74. The van der Waals surface area contributed by atoms with E-state index in [4.69, 9.17) is 28.1 Å². The lowest BCUT2D eigenvalue weighted by molar-refractivity contribution is -0.231. The number of esters is 1. The molecule has 204 valence electrons. The molecule has 0 N–H and O–H groups in total. The zero-order valence-electron chi connectivity index (χ0n) is 23.3. The zero-order chi connectivity index (χ0) is 27.2. The summed E-state index contributed by atoms with van der Waals surface area (Å²) in [7, 11) is -2.14. The molecule has 0 amide bonds. The van der Waals surface area contributed by atoms with Crippen LogP contribution in [0.25, 0.3) is 0 Å². The SMILES string of the molecule is C=CCO[C@@H]1[C@H](OC(C)=O)C(SC(C)C)OC(CO[Si](C)(C)C(C)(C)C)[C@@H]1OC(=O)OC(C)(C)C. The quantitative estimate of drug-likeness (QED) is 0.199. The lowest BCUT2D eigenvalue weighted by Gasteiger charge is -2.46. The number of thioether (sulfide) groups is 1. The first-order chi connectivity index (χ1) is 15.9. The smallest absolute Gasteiger partial charge is 0.456 e. The predicted octanol–water partition coefficient (Wildman–Crippen LogP) is 5.70. The highest BCUT2D eigenvalue weighted by Gasteiger charge is 2.52. The molecule has 2 unspecified atom stereocenters. The van der Waals surface area contributed by atoms with Crippen LogP contribution < -0.4 is 0 Å². The van der Waals surface area contributed by atoms with Crippen molar-refractivity contribution in [2.45, 2.75) is 121 Å². The minimum Gasteiger partial charge on any atom is -0.456 e. The Balaban J connectivity index is 3.40. The van der Waals surface area contributed by atoms with Gasteiger partial charge in [0.2, 0.25) is 0 Å². The molecule has 0 aromatic carbocycles. The van der Waals surface area contributed by atoms with Crippen molar-refractivity contribution in [3.05, 3.63) is 12.7 Å². The van der Waals surface area contributed by atoms with Crippen LogP contribution in [0, 0.1) is 0 Å². The Labute approximate surface area is 216 Å². The van der Waals surface area contributed by atoms with E-state index in [-0.39, 0.29) is 23.5 Å². The van der Waals surface area contributed by atoms with Gasteiger partial charge < -0.3 is 28.1 Å². The maximum absolute atomic E-state index is 12.7. The second kappa shape index (κ2) is 12.9. The van der Waals surface area contributed by atoms with Crippen molar-refractivity contribution in [3.63, 3.8) is 0 Å². The molecule has 1 aliphatic heterocycles. The first-order valence-corrected chi connectivity index (χ1v) is 16.0. The van der Waals surface area contributed by atoms with E-state index in [1.807, 2.05) is 13.8 Å². The van der Waals surface area contributed by atoms with Gasteiger partial charge in [-0.1, -0.05) is 40.7 Å². The van der Waals surface area contributed by atoms with Crippen molar-refractivity contribution >= 4 is 32.2 Å². The van der Waals surface area contributed by atoms with E-state index in [0.29, 0.717) is 0 Å². The molecule has 8 nitrogen and oxygen atoms in total. The zero-order valence-corrected chi connectivity index (χ0v) is 25.2. The molecular formula is C25H46O8SSi. The fourth-order valence-corrected chi connectivity index (χ4v) is 5.23. The van der Waals surface area contributed by atoms with Crippen LogP contribution in [0.1, 0.15) is 62.3 Å². The highest BCUT2D eigenvalue weighted by atomic mass is 32.2. The molecule has 1 heterocycles. The number of carbonyl (C=O) groups excluding carboxylic acids is 2. The van der Waals surface area contributed by atoms with Gasteiger partial charge in [-0.15, -0.1) is 18.3 Å². The van der Waals surface area contributed by atoms with E-state index >= 15 is 0 Å². The monoisotopic (exact) mass is 534 g/mol. The van der Waals surface area contributed by atoms with Crippen LogP contribution in [-0.4, -0.2) is 74.4 Å². The van der Waals surface area contributed by atoms with Gasteiger partial charge in [0.1, 0.15) is 23.2 Å². The van der Waals surface area contributed by atoms with Gasteiger partial charge >= 0.3 is 12.1 Å². The van der Waals surface area contributed by atoms with E-state index in [2.05, 4.69) is 40.4 Å². The summed E-state index contributed by atoms with van der Waals surface area (Å²) >= 11 is 1.52. The Kier molecular flexibility index (Phi) is 11.8. The normalized spacial score (nSPS) is 25.8. The number of carbonyl (C=O) groups is 2. The predicted molar refractivity (Wildman–Crippen MR) is 141 cm³/mol. The molecule has 0 saturated carbocycles. The van der Waals surface area contributed by atoms with Crippen LogP contribution >= 0.6 is 11.8 Å². The number of rotatable bonds is 10. The Morgan fingerprint density at radius 2 is 1.66 bits per heavy atom. The number of ether oxygens (including phenoxy) is 5. The Hall–Kier alpha value is -1.07. The van der Waals surface area contributed by atoms with Crippen molar-refractivity contribution in [2.24, 2.45) is 0 Å². The van der Waals surface area contributed by atoms with E-state index in [9.17, 15) is 9.59 Å². The van der Waals surface area contributed by atoms with Crippen LogP contribution in [0.4, 0.5) is 4.79 Å². The summed E-state index contributed by atoms with van der Waals surface area (Å²) in [6.07, 6.45) is -2.46. The van der Waals surface area contributed by atoms with Crippen molar-refractivity contribution in [3.8, 4) is 0 Å². The molecule has 1 aliphatic rings. The van der Waals surface area contributed by atoms with E-state index in [1.165, 1.54) is 18.7 Å². The van der Waals surface area contributed by atoms with Gasteiger partial charge in [0.05, 0.1) is 13.2 Å². The molecule has 0 aromatic heterocycles. The molecule has 0 spiro atoms. The van der Waals surface area contributed by atoms with E-state index in [0.717, 1.165) is 0 Å². The van der Waals surface area contributed by atoms with E-state index < -0.39 is 55.9 Å². The fourth-order valence-electron chi connectivity index (χ4n) is 3.11. The van der Waals surface area contributed by atoms with Gasteiger partial charge in [0, 0.05) is 12.2 Å². The lowest BCUT2D eigenvalue weighted by atomic mass is 9.99. The molecule has 1 saturated heterocycles. The molecule has 1 rings (SSSR count). The van der Waals surface area contributed by atoms with Gasteiger partial charge in [-0.05, 0) is 38.9 Å². The summed E-state index contributed by atoms with van der Waals surface area (Å²) in [5, 5.41) is 0.164. The third-order valence-corrected chi connectivity index (χ3v) is 11.4. The average molecular weight is 535 g/mol. The van der Waals surface area contributed by atoms with Crippen LogP contribution in [-0.2, 0) is 32.9 Å². The second-order valence-electron chi connectivity index (χ2n) is 11.5. The highest BCUT2D eigenvalue weighted by molar-refractivity contribution is 8.00. The standard InChI is InChI=1S/C25H46O8SSi/c1-13-14-28-20-19(32-23(27)33-24(5,6)7)18(15-29-35(11,12)25(8,9)10)31-22(34-16(2)3)21(20)30-17(4)26/h13,16,18-22H,1,14-15H2,2-12H3/t18?,19-,20-,21-,22?/m0/s1. The summed E-state index contributed by atoms with van der Waals surface area (Å²) in [6, 6.07) is 0. The molecule has 35 heavy (non-hydrogen) atoms.